The molecule has 0 spiro atoms. The molecule has 1 unspecified atom stereocenters. The number of rotatable bonds is 15. The molecule has 0 saturated heterocycles. The maximum absolute atomic E-state index is 11.2. The number of unbranched alkanes of at least 4 members (excludes halogenated alkanes) is 9. The molecule has 0 aliphatic rings. The van der Waals surface area contributed by atoms with E-state index >= 15 is 0 Å². The summed E-state index contributed by atoms with van der Waals surface area (Å²) in [5.74, 6) is 0. The van der Waals surface area contributed by atoms with E-state index in [9.17, 15) is 8.42 Å². The van der Waals surface area contributed by atoms with E-state index in [2.05, 4.69) is 11.1 Å². The maximum atomic E-state index is 11.2. The Morgan fingerprint density at radius 1 is 0.909 bits per heavy atom. The normalized spacial score (nSPS) is 12.9. The fourth-order valence-electron chi connectivity index (χ4n) is 1.97. The summed E-state index contributed by atoms with van der Waals surface area (Å²) in [7, 11) is -3.95. The van der Waals surface area contributed by atoms with Gasteiger partial charge in [0, 0.05) is 0 Å². The minimum Gasteiger partial charge on any atom is -1.00 e. The number of aliphatic hydroxyl groups excluding tert-OH is 1. The Morgan fingerprint density at radius 3 is 1.82 bits per heavy atom. The van der Waals surface area contributed by atoms with Crippen LogP contribution in [0, 0.1) is 0 Å². The van der Waals surface area contributed by atoms with Crippen LogP contribution in [0.15, 0.2) is 0 Å². The van der Waals surface area contributed by atoms with Crippen molar-refractivity contribution >= 4 is 10.4 Å². The molecule has 22 heavy (non-hydrogen) atoms. The van der Waals surface area contributed by atoms with Crippen molar-refractivity contribution in [3.8, 4) is 0 Å². The zero-order valence-electron chi connectivity index (χ0n) is 15.6. The molecule has 0 bridgehead atoms. The Labute approximate surface area is 160 Å². The second kappa shape index (κ2) is 16.7. The average molecular weight is 348 g/mol. The van der Waals surface area contributed by atoms with Crippen molar-refractivity contribution in [2.24, 2.45) is 0 Å². The number of hydrogen-bond acceptors (Lipinski definition) is 5. The molecule has 0 saturated carbocycles. The summed E-state index contributed by atoms with van der Waals surface area (Å²) in [6.45, 7) is 3.56. The van der Waals surface area contributed by atoms with E-state index in [0.29, 0.717) is 6.42 Å². The molecule has 7 heteroatoms. The Balaban J connectivity index is -0.00000200. The van der Waals surface area contributed by atoms with E-state index in [0.717, 1.165) is 12.8 Å². The van der Waals surface area contributed by atoms with Crippen molar-refractivity contribution in [1.82, 2.24) is 0 Å². The molecule has 1 atom stereocenters. The molecular formula is C15H33NaO5S. The first-order valence-corrected chi connectivity index (χ1v) is 9.53. The van der Waals surface area contributed by atoms with Gasteiger partial charge in [0.2, 0.25) is 0 Å². The van der Waals surface area contributed by atoms with Crippen LogP contribution >= 0.6 is 0 Å². The molecule has 0 fully saturated rings. The Hall–Kier alpha value is 0.830. The van der Waals surface area contributed by atoms with Gasteiger partial charge >= 0.3 is 40.0 Å². The quantitative estimate of drug-likeness (QED) is 0.348. The first kappa shape index (κ1) is 25.1. The van der Waals surface area contributed by atoms with Crippen LogP contribution in [-0.4, -0.2) is 32.8 Å². The SMILES string of the molecule is CCCCCCCCCCCCOS(=O)(=O)OCC(C)O.[H-].[Na+]. The van der Waals surface area contributed by atoms with E-state index in [4.69, 9.17) is 9.29 Å². The summed E-state index contributed by atoms with van der Waals surface area (Å²) in [5.41, 5.74) is 0. The van der Waals surface area contributed by atoms with Crippen molar-refractivity contribution in [3.63, 3.8) is 0 Å². The van der Waals surface area contributed by atoms with E-state index in [-0.39, 0.29) is 44.2 Å². The number of aliphatic hydroxyl groups is 1. The molecule has 0 aliphatic heterocycles. The van der Waals surface area contributed by atoms with Crippen LogP contribution in [0.2, 0.25) is 0 Å². The van der Waals surface area contributed by atoms with Crippen molar-refractivity contribution in [3.05, 3.63) is 0 Å². The first-order chi connectivity index (χ1) is 9.98. The second-order valence-corrected chi connectivity index (χ2v) is 6.83. The van der Waals surface area contributed by atoms with Crippen LogP contribution in [0.4, 0.5) is 0 Å². The summed E-state index contributed by atoms with van der Waals surface area (Å²) in [5, 5.41) is 8.93. The maximum Gasteiger partial charge on any atom is 1.00 e. The summed E-state index contributed by atoms with van der Waals surface area (Å²) in [4.78, 5) is 0. The molecule has 130 valence electrons. The molecule has 0 aromatic carbocycles. The van der Waals surface area contributed by atoms with Gasteiger partial charge in [-0.3, -0.25) is 0 Å². The van der Waals surface area contributed by atoms with Gasteiger partial charge in [-0.15, -0.1) is 0 Å². The van der Waals surface area contributed by atoms with E-state index < -0.39 is 16.5 Å². The minimum atomic E-state index is -3.95. The van der Waals surface area contributed by atoms with Crippen LogP contribution in [0.5, 0.6) is 0 Å². The third-order valence-electron chi connectivity index (χ3n) is 3.18. The van der Waals surface area contributed by atoms with Crippen molar-refractivity contribution in [2.45, 2.75) is 84.2 Å². The number of hydrogen-bond donors (Lipinski definition) is 1. The zero-order chi connectivity index (χ0) is 16.0. The van der Waals surface area contributed by atoms with Crippen LogP contribution in [-0.2, 0) is 18.8 Å². The van der Waals surface area contributed by atoms with E-state index in [1.54, 1.807) is 0 Å². The molecular weight excluding hydrogens is 315 g/mol. The molecule has 0 radical (unpaired) electrons. The smallest absolute Gasteiger partial charge is 1.00 e. The van der Waals surface area contributed by atoms with Gasteiger partial charge in [-0.2, -0.15) is 8.42 Å². The fraction of sp³-hybridized carbons (Fsp3) is 1.00. The molecule has 1 N–H and O–H groups in total. The average Bonchev–Trinajstić information content (AvgIpc) is 2.43. The Morgan fingerprint density at radius 2 is 1.36 bits per heavy atom. The molecule has 0 aliphatic carbocycles. The predicted molar refractivity (Wildman–Crippen MR) is 85.5 cm³/mol. The fourth-order valence-corrected chi connectivity index (χ4v) is 2.72. The monoisotopic (exact) mass is 348 g/mol. The van der Waals surface area contributed by atoms with Gasteiger partial charge in [-0.1, -0.05) is 64.7 Å². The first-order valence-electron chi connectivity index (χ1n) is 8.19. The Kier molecular flexibility index (Phi) is 19.0. The summed E-state index contributed by atoms with van der Waals surface area (Å²) < 4.78 is 31.7. The molecule has 0 rings (SSSR count). The molecule has 5 nitrogen and oxygen atoms in total. The van der Waals surface area contributed by atoms with Crippen LogP contribution in [0.1, 0.15) is 79.5 Å². The van der Waals surface area contributed by atoms with Gasteiger partial charge in [-0.05, 0) is 13.3 Å². The topological polar surface area (TPSA) is 72.8 Å². The van der Waals surface area contributed by atoms with Crippen LogP contribution in [0.3, 0.4) is 0 Å². The van der Waals surface area contributed by atoms with Gasteiger partial charge in [0.15, 0.2) is 0 Å². The molecule has 0 aromatic rings. The third-order valence-corrected chi connectivity index (χ3v) is 4.06. The Bertz CT molecular complexity index is 326. The molecule has 0 aromatic heterocycles. The summed E-state index contributed by atoms with van der Waals surface area (Å²) in [6, 6.07) is 0. The van der Waals surface area contributed by atoms with Gasteiger partial charge < -0.3 is 6.53 Å². The van der Waals surface area contributed by atoms with Crippen LogP contribution < -0.4 is 29.6 Å². The van der Waals surface area contributed by atoms with Gasteiger partial charge in [0.05, 0.1) is 19.3 Å². The van der Waals surface area contributed by atoms with Crippen molar-refractivity contribution in [2.75, 3.05) is 13.2 Å². The molecule has 0 amide bonds. The summed E-state index contributed by atoms with van der Waals surface area (Å²) in [6.07, 6.45) is 11.0. The second-order valence-electron chi connectivity index (χ2n) is 5.55. The van der Waals surface area contributed by atoms with Gasteiger partial charge in [0.1, 0.15) is 0 Å². The van der Waals surface area contributed by atoms with Crippen molar-refractivity contribution in [1.29, 1.82) is 0 Å². The van der Waals surface area contributed by atoms with Gasteiger partial charge in [0.25, 0.3) is 0 Å². The largest absolute Gasteiger partial charge is 1.00 e. The van der Waals surface area contributed by atoms with E-state index in [1.807, 2.05) is 0 Å². The third kappa shape index (κ3) is 18.9. The standard InChI is InChI=1S/C15H32O5S.Na.H/c1-3-4-5-6-7-8-9-10-11-12-13-19-21(17,18)20-14-15(2)16;;/h15-16H,3-14H2,1-2H3;;/q;+1;-1. The zero-order valence-corrected chi connectivity index (χ0v) is 17.4. The van der Waals surface area contributed by atoms with Crippen LogP contribution in [0.25, 0.3) is 0 Å². The molecule has 0 heterocycles. The van der Waals surface area contributed by atoms with Gasteiger partial charge in [-0.25, -0.2) is 8.37 Å². The van der Waals surface area contributed by atoms with E-state index in [1.165, 1.54) is 51.9 Å². The summed E-state index contributed by atoms with van der Waals surface area (Å²) >= 11 is 0. The van der Waals surface area contributed by atoms with Crippen molar-refractivity contribution < 1.29 is 52.9 Å². The minimum absolute atomic E-state index is 0. The predicted octanol–water partition coefficient (Wildman–Crippen LogP) is 0.683.